The molecule has 3 aromatic rings. The Kier molecular flexibility index (Phi) is 5.58. The summed E-state index contributed by atoms with van der Waals surface area (Å²) in [5, 5.41) is 1.35. The van der Waals surface area contributed by atoms with Crippen LogP contribution in [0.15, 0.2) is 54.7 Å². The first-order valence-electron chi connectivity index (χ1n) is 8.20. The highest BCUT2D eigenvalue weighted by molar-refractivity contribution is 6.30. The SMILES string of the molecule is COC(=O)c1cn(C(=O)CCCOc2ccc(Cl)cc2)c2ccccc12. The standard InChI is InChI=1S/C20H18ClNO4/c1-25-20(24)17-13-22(18-6-3-2-5-16(17)18)19(23)7-4-12-26-15-10-8-14(21)9-11-15/h2-3,5-6,8-11,13H,4,7,12H2,1H3. The molecule has 0 atom stereocenters. The molecule has 0 unspecified atom stereocenters. The van der Waals surface area contributed by atoms with Gasteiger partial charge in [0.25, 0.3) is 0 Å². The minimum Gasteiger partial charge on any atom is -0.494 e. The Bertz CT molecular complexity index is 931. The van der Waals surface area contributed by atoms with Gasteiger partial charge in [-0.25, -0.2) is 4.79 Å². The molecule has 0 aliphatic heterocycles. The van der Waals surface area contributed by atoms with Gasteiger partial charge >= 0.3 is 5.97 Å². The number of methoxy groups -OCH3 is 1. The summed E-state index contributed by atoms with van der Waals surface area (Å²) < 4.78 is 11.9. The zero-order chi connectivity index (χ0) is 18.5. The van der Waals surface area contributed by atoms with Crippen LogP contribution >= 0.6 is 11.6 Å². The lowest BCUT2D eigenvalue weighted by Gasteiger charge is -2.07. The third-order valence-electron chi connectivity index (χ3n) is 4.00. The lowest BCUT2D eigenvalue weighted by molar-refractivity contribution is 0.0603. The number of aromatic nitrogens is 1. The second kappa shape index (κ2) is 8.06. The van der Waals surface area contributed by atoms with E-state index in [1.165, 1.54) is 11.7 Å². The molecule has 2 aromatic carbocycles. The van der Waals surface area contributed by atoms with Crippen LogP contribution in [0, 0.1) is 0 Å². The van der Waals surface area contributed by atoms with E-state index < -0.39 is 5.97 Å². The van der Waals surface area contributed by atoms with Gasteiger partial charge in [0, 0.05) is 23.0 Å². The summed E-state index contributed by atoms with van der Waals surface area (Å²) in [5.74, 6) is 0.149. The van der Waals surface area contributed by atoms with Crippen LogP contribution in [0.3, 0.4) is 0 Å². The first-order valence-corrected chi connectivity index (χ1v) is 8.58. The van der Waals surface area contributed by atoms with Crippen LogP contribution in [0.4, 0.5) is 0 Å². The molecule has 0 aliphatic rings. The fourth-order valence-electron chi connectivity index (χ4n) is 2.72. The molecule has 0 saturated heterocycles. The fourth-order valence-corrected chi connectivity index (χ4v) is 2.85. The maximum atomic E-state index is 12.6. The van der Waals surface area contributed by atoms with E-state index in [0.717, 1.165) is 0 Å². The maximum absolute atomic E-state index is 12.6. The fraction of sp³-hybridized carbons (Fsp3) is 0.200. The topological polar surface area (TPSA) is 57.5 Å². The van der Waals surface area contributed by atoms with Crippen molar-refractivity contribution in [3.05, 3.63) is 65.3 Å². The molecule has 6 heteroatoms. The van der Waals surface area contributed by atoms with Crippen LogP contribution < -0.4 is 4.74 Å². The van der Waals surface area contributed by atoms with E-state index in [4.69, 9.17) is 21.1 Å². The van der Waals surface area contributed by atoms with Crippen molar-refractivity contribution < 1.29 is 19.1 Å². The molecule has 0 aliphatic carbocycles. The second-order valence-electron chi connectivity index (χ2n) is 5.72. The average molecular weight is 372 g/mol. The Labute approximate surface area is 156 Å². The second-order valence-corrected chi connectivity index (χ2v) is 6.16. The molecule has 134 valence electrons. The van der Waals surface area contributed by atoms with Crippen molar-refractivity contribution in [2.45, 2.75) is 12.8 Å². The highest BCUT2D eigenvalue weighted by Crippen LogP contribution is 2.23. The number of hydrogen-bond donors (Lipinski definition) is 0. The van der Waals surface area contributed by atoms with E-state index >= 15 is 0 Å². The van der Waals surface area contributed by atoms with Crippen LogP contribution in [-0.4, -0.2) is 30.2 Å². The van der Waals surface area contributed by atoms with Crippen LogP contribution in [0.2, 0.25) is 5.02 Å². The van der Waals surface area contributed by atoms with Crippen molar-refractivity contribution in [2.75, 3.05) is 13.7 Å². The number of hydrogen-bond acceptors (Lipinski definition) is 4. The minimum atomic E-state index is -0.459. The van der Waals surface area contributed by atoms with Crippen LogP contribution in [0.1, 0.15) is 28.0 Å². The van der Waals surface area contributed by atoms with Crippen molar-refractivity contribution in [3.8, 4) is 5.75 Å². The van der Waals surface area contributed by atoms with E-state index in [-0.39, 0.29) is 5.91 Å². The zero-order valence-electron chi connectivity index (χ0n) is 14.3. The summed E-state index contributed by atoms with van der Waals surface area (Å²) >= 11 is 5.83. The van der Waals surface area contributed by atoms with E-state index in [0.29, 0.717) is 46.7 Å². The van der Waals surface area contributed by atoms with E-state index in [9.17, 15) is 9.59 Å². The molecular weight excluding hydrogens is 354 g/mol. The van der Waals surface area contributed by atoms with Crippen molar-refractivity contribution in [1.29, 1.82) is 0 Å². The number of rotatable bonds is 6. The number of ether oxygens (including phenoxy) is 2. The number of benzene rings is 2. The summed E-state index contributed by atoms with van der Waals surface area (Å²) in [4.78, 5) is 24.5. The summed E-state index contributed by atoms with van der Waals surface area (Å²) in [6.45, 7) is 0.413. The lowest BCUT2D eigenvalue weighted by Crippen LogP contribution is -2.11. The molecule has 0 amide bonds. The largest absolute Gasteiger partial charge is 0.494 e. The Morgan fingerprint density at radius 1 is 1.08 bits per heavy atom. The van der Waals surface area contributed by atoms with Gasteiger partial charge in [0.1, 0.15) is 5.75 Å². The molecule has 0 fully saturated rings. The molecule has 26 heavy (non-hydrogen) atoms. The summed E-state index contributed by atoms with van der Waals surface area (Å²) in [7, 11) is 1.32. The van der Waals surface area contributed by atoms with Crippen LogP contribution in [-0.2, 0) is 4.74 Å². The van der Waals surface area contributed by atoms with Crippen LogP contribution in [0.5, 0.6) is 5.75 Å². The molecule has 0 saturated carbocycles. The Morgan fingerprint density at radius 3 is 2.54 bits per heavy atom. The highest BCUT2D eigenvalue weighted by Gasteiger charge is 2.18. The van der Waals surface area contributed by atoms with Gasteiger partial charge < -0.3 is 9.47 Å². The van der Waals surface area contributed by atoms with Crippen molar-refractivity contribution in [2.24, 2.45) is 0 Å². The van der Waals surface area contributed by atoms with Gasteiger partial charge in [0.15, 0.2) is 0 Å². The van der Waals surface area contributed by atoms with Gasteiger partial charge in [-0.2, -0.15) is 0 Å². The Morgan fingerprint density at radius 2 is 1.81 bits per heavy atom. The first kappa shape index (κ1) is 18.0. The quantitative estimate of drug-likeness (QED) is 0.470. The number of fused-ring (bicyclic) bond motifs is 1. The predicted octanol–water partition coefficient (Wildman–Crippen LogP) is 4.58. The van der Waals surface area contributed by atoms with E-state index in [2.05, 4.69) is 0 Å². The summed E-state index contributed by atoms with van der Waals surface area (Å²) in [5.41, 5.74) is 1.07. The van der Waals surface area contributed by atoms with E-state index in [1.54, 1.807) is 36.5 Å². The molecule has 3 rings (SSSR count). The maximum Gasteiger partial charge on any atom is 0.340 e. The predicted molar refractivity (Wildman–Crippen MR) is 100 cm³/mol. The lowest BCUT2D eigenvalue weighted by atomic mass is 10.2. The first-order chi connectivity index (χ1) is 12.6. The minimum absolute atomic E-state index is 0.101. The number of carbonyl (C=O) groups is 2. The molecule has 1 heterocycles. The molecule has 0 spiro atoms. The van der Waals surface area contributed by atoms with E-state index in [1.807, 2.05) is 18.2 Å². The zero-order valence-corrected chi connectivity index (χ0v) is 15.0. The van der Waals surface area contributed by atoms with Gasteiger partial charge in [-0.1, -0.05) is 29.8 Å². The number of halogens is 1. The number of nitrogens with zero attached hydrogens (tertiary/aromatic N) is 1. The number of para-hydroxylation sites is 1. The Hall–Kier alpha value is -2.79. The van der Waals surface area contributed by atoms with Gasteiger partial charge in [-0.15, -0.1) is 0 Å². The van der Waals surface area contributed by atoms with Gasteiger partial charge in [-0.3, -0.25) is 9.36 Å². The average Bonchev–Trinajstić information content (AvgIpc) is 3.06. The van der Waals surface area contributed by atoms with Crippen LogP contribution in [0.25, 0.3) is 10.9 Å². The molecule has 0 radical (unpaired) electrons. The molecular formula is C20H18ClNO4. The van der Waals surface area contributed by atoms with Gasteiger partial charge in [-0.05, 0) is 36.8 Å². The normalized spacial score (nSPS) is 10.7. The molecule has 0 bridgehead atoms. The third-order valence-corrected chi connectivity index (χ3v) is 4.26. The molecule has 5 nitrogen and oxygen atoms in total. The Balaban J connectivity index is 1.66. The summed E-state index contributed by atoms with van der Waals surface area (Å²) in [6.07, 6.45) is 2.40. The smallest absolute Gasteiger partial charge is 0.340 e. The molecule has 0 N–H and O–H groups in total. The van der Waals surface area contributed by atoms with Crippen molar-refractivity contribution in [1.82, 2.24) is 4.57 Å². The van der Waals surface area contributed by atoms with Gasteiger partial charge in [0.2, 0.25) is 5.91 Å². The monoisotopic (exact) mass is 371 g/mol. The number of carbonyl (C=O) groups excluding carboxylic acids is 2. The summed E-state index contributed by atoms with van der Waals surface area (Å²) in [6, 6.07) is 14.3. The van der Waals surface area contributed by atoms with Crippen molar-refractivity contribution >= 4 is 34.4 Å². The highest BCUT2D eigenvalue weighted by atomic mass is 35.5. The third kappa shape index (κ3) is 3.89. The van der Waals surface area contributed by atoms with Gasteiger partial charge in [0.05, 0.1) is 24.8 Å². The molecule has 1 aromatic heterocycles. The number of esters is 1. The van der Waals surface area contributed by atoms with Crippen molar-refractivity contribution in [3.63, 3.8) is 0 Å².